The van der Waals surface area contributed by atoms with Crippen LogP contribution >= 0.6 is 11.6 Å². The van der Waals surface area contributed by atoms with Crippen LogP contribution in [0.5, 0.6) is 0 Å². The lowest BCUT2D eigenvalue weighted by Gasteiger charge is -2.34. The summed E-state index contributed by atoms with van der Waals surface area (Å²) in [4.78, 5) is 30.3. The Bertz CT molecular complexity index is 977. The van der Waals surface area contributed by atoms with Crippen molar-refractivity contribution in [1.82, 2.24) is 4.98 Å². The molecule has 0 spiro atoms. The van der Waals surface area contributed by atoms with E-state index < -0.39 is 47.6 Å². The molecule has 0 saturated carbocycles. The third kappa shape index (κ3) is 6.55. The maximum atomic E-state index is 13.2. The second-order valence-electron chi connectivity index (χ2n) is 11.0. The number of esters is 1. The summed E-state index contributed by atoms with van der Waals surface area (Å²) < 4.78 is 16.9. The summed E-state index contributed by atoms with van der Waals surface area (Å²) in [6, 6.07) is 0. The number of epoxide rings is 1. The van der Waals surface area contributed by atoms with Gasteiger partial charge in [0.05, 0.1) is 47.3 Å². The van der Waals surface area contributed by atoms with Crippen LogP contribution in [0, 0.1) is 17.3 Å². The molecule has 7 unspecified atom stereocenters. The minimum Gasteiger partial charge on any atom is -0.456 e. The third-order valence-electron chi connectivity index (χ3n) is 7.74. The molecule has 9 nitrogen and oxygen atoms in total. The van der Waals surface area contributed by atoms with Gasteiger partial charge in [-0.2, -0.15) is 0 Å². The van der Waals surface area contributed by atoms with Gasteiger partial charge in [-0.1, -0.05) is 45.7 Å². The number of aromatic nitrogens is 1. The molecular formula is C26H39ClN2O7. The van der Waals surface area contributed by atoms with Crippen LogP contribution in [0.3, 0.4) is 0 Å². The number of nitrogens with zero attached hydrogens (tertiary/aromatic N) is 1. The number of carbonyl (C=O) groups is 2. The van der Waals surface area contributed by atoms with Crippen molar-refractivity contribution in [2.45, 2.75) is 103 Å². The first-order valence-corrected chi connectivity index (χ1v) is 13.0. The summed E-state index contributed by atoms with van der Waals surface area (Å²) >= 11 is 6.58. The number of aliphatic hydroxyl groups excluding tert-OH is 2. The number of cyclic esters (lactones) is 1. The van der Waals surface area contributed by atoms with Gasteiger partial charge in [-0.3, -0.25) is 9.59 Å². The molecule has 0 amide bonds. The number of halogens is 1. The number of rotatable bonds is 3. The smallest absolute Gasteiger partial charge is 0.309 e. The van der Waals surface area contributed by atoms with Crippen molar-refractivity contribution in [3.8, 4) is 0 Å². The molecule has 202 valence electrons. The van der Waals surface area contributed by atoms with Gasteiger partial charge in [0.25, 0.3) is 0 Å². The number of ether oxygens (including phenoxy) is 2. The summed E-state index contributed by atoms with van der Waals surface area (Å²) in [7, 11) is 0. The van der Waals surface area contributed by atoms with Crippen molar-refractivity contribution < 1.29 is 33.7 Å². The zero-order valence-corrected chi connectivity index (χ0v) is 22.5. The van der Waals surface area contributed by atoms with Gasteiger partial charge in [0.1, 0.15) is 23.8 Å². The minimum atomic E-state index is -1.30. The number of nitrogens with two attached hydrogens (primary N) is 1. The first kappa shape index (κ1) is 28.8. The molecular weight excluding hydrogens is 488 g/mol. The van der Waals surface area contributed by atoms with E-state index in [1.165, 1.54) is 6.26 Å². The van der Waals surface area contributed by atoms with E-state index >= 15 is 0 Å². The molecule has 3 rings (SSSR count). The van der Waals surface area contributed by atoms with E-state index in [4.69, 9.17) is 31.2 Å². The zero-order chi connectivity index (χ0) is 26.8. The maximum absolute atomic E-state index is 13.2. The highest BCUT2D eigenvalue weighted by molar-refractivity contribution is 6.32. The van der Waals surface area contributed by atoms with Crippen molar-refractivity contribution in [3.63, 3.8) is 0 Å². The molecule has 0 radical (unpaired) electrons. The fraction of sp³-hybridized carbons (Fsp3) is 0.731. The molecule has 0 bridgehead atoms. The van der Waals surface area contributed by atoms with Gasteiger partial charge in [0, 0.05) is 12.3 Å². The lowest BCUT2D eigenvalue weighted by molar-refractivity contribution is -0.154. The fourth-order valence-electron chi connectivity index (χ4n) is 4.90. The molecule has 2 saturated heterocycles. The van der Waals surface area contributed by atoms with E-state index in [9.17, 15) is 19.8 Å². The quantitative estimate of drug-likeness (QED) is 0.398. The summed E-state index contributed by atoms with van der Waals surface area (Å²) in [5.74, 6) is -1.45. The van der Waals surface area contributed by atoms with Crippen LogP contribution in [0.2, 0.25) is 0 Å². The van der Waals surface area contributed by atoms with Gasteiger partial charge in [-0.05, 0) is 31.8 Å². The molecule has 4 N–H and O–H groups in total. The Balaban J connectivity index is 1.85. The first-order valence-electron chi connectivity index (χ1n) is 12.6. The van der Waals surface area contributed by atoms with Crippen molar-refractivity contribution >= 4 is 29.4 Å². The number of hydrogen-bond donors (Lipinski definition) is 3. The normalized spacial score (nSPS) is 36.8. The standard InChI is InChI=1S/C26H39ClN2O7/c1-14-7-6-8-26(5)20(36-26)10-18(17(27)9-16-13-34-21(12-28)29-16)35-22(31)11-19(30)25(3,4)24(33)15(2)23(14)32/h9,13-15,18-20,23,30,32H,6-8,10-12,28H2,1-5H3. The Labute approximate surface area is 217 Å². The molecule has 10 heteroatoms. The Kier molecular flexibility index (Phi) is 9.04. The van der Waals surface area contributed by atoms with Crippen LogP contribution in [-0.4, -0.2) is 57.0 Å². The molecule has 2 fully saturated rings. The molecule has 0 aliphatic carbocycles. The van der Waals surface area contributed by atoms with Crippen molar-refractivity contribution in [2.24, 2.45) is 23.0 Å². The summed E-state index contributed by atoms with van der Waals surface area (Å²) in [5, 5.41) is 21.9. The van der Waals surface area contributed by atoms with Gasteiger partial charge in [-0.15, -0.1) is 0 Å². The van der Waals surface area contributed by atoms with Crippen LogP contribution in [0.15, 0.2) is 15.7 Å². The van der Waals surface area contributed by atoms with Crippen LogP contribution in [0.25, 0.3) is 6.08 Å². The number of fused-ring (bicyclic) bond motifs is 1. The van der Waals surface area contributed by atoms with E-state index in [2.05, 4.69) is 4.98 Å². The van der Waals surface area contributed by atoms with Crippen molar-refractivity contribution in [3.05, 3.63) is 22.9 Å². The van der Waals surface area contributed by atoms with E-state index in [-0.39, 0.29) is 29.4 Å². The van der Waals surface area contributed by atoms with E-state index in [1.807, 2.05) is 13.8 Å². The monoisotopic (exact) mass is 526 g/mol. The average molecular weight is 527 g/mol. The van der Waals surface area contributed by atoms with E-state index in [1.54, 1.807) is 26.8 Å². The van der Waals surface area contributed by atoms with Crippen LogP contribution in [0.1, 0.15) is 78.3 Å². The Morgan fingerprint density at radius 2 is 1.97 bits per heavy atom. The number of carbonyl (C=O) groups excluding carboxylic acids is 2. The highest BCUT2D eigenvalue weighted by Gasteiger charge is 2.53. The molecule has 3 heterocycles. The second kappa shape index (κ2) is 11.3. The molecule has 1 aromatic heterocycles. The molecule has 1 aromatic rings. The number of Topliss-reactive ketones (excluding diaryl/α,β-unsaturated/α-hetero) is 1. The molecule has 36 heavy (non-hydrogen) atoms. The van der Waals surface area contributed by atoms with E-state index in [0.29, 0.717) is 18.0 Å². The largest absolute Gasteiger partial charge is 0.456 e. The summed E-state index contributed by atoms with van der Waals surface area (Å²) in [5.41, 5.74) is 4.33. The SMILES string of the molecule is CC1CCCC2(C)OC2CC(C(Cl)=Cc2coc(CN)n2)OC(=O)CC(O)C(C)(C)C(=O)C(C)C1O. The first-order chi connectivity index (χ1) is 16.8. The third-order valence-corrected chi connectivity index (χ3v) is 8.10. The summed E-state index contributed by atoms with van der Waals surface area (Å²) in [6.45, 7) is 8.89. The van der Waals surface area contributed by atoms with Crippen molar-refractivity contribution in [1.29, 1.82) is 0 Å². The highest BCUT2D eigenvalue weighted by Crippen LogP contribution is 2.45. The van der Waals surface area contributed by atoms with Gasteiger partial charge < -0.3 is 29.8 Å². The van der Waals surface area contributed by atoms with Crippen LogP contribution in [-0.2, 0) is 25.6 Å². The van der Waals surface area contributed by atoms with Crippen LogP contribution in [0.4, 0.5) is 0 Å². The number of hydrogen-bond acceptors (Lipinski definition) is 9. The number of oxazole rings is 1. The number of aliphatic hydroxyl groups is 2. The zero-order valence-electron chi connectivity index (χ0n) is 21.7. The molecule has 7 atom stereocenters. The van der Waals surface area contributed by atoms with Gasteiger partial charge in [0.15, 0.2) is 0 Å². The molecule has 2 aliphatic heterocycles. The Morgan fingerprint density at radius 3 is 2.61 bits per heavy atom. The predicted octanol–water partition coefficient (Wildman–Crippen LogP) is 3.34. The highest BCUT2D eigenvalue weighted by atomic mass is 35.5. The lowest BCUT2D eigenvalue weighted by atomic mass is 9.73. The summed E-state index contributed by atoms with van der Waals surface area (Å²) in [6.07, 6.45) is 2.01. The minimum absolute atomic E-state index is 0.110. The van der Waals surface area contributed by atoms with Crippen LogP contribution < -0.4 is 5.73 Å². The van der Waals surface area contributed by atoms with Gasteiger partial charge in [0.2, 0.25) is 5.89 Å². The Morgan fingerprint density at radius 1 is 1.28 bits per heavy atom. The lowest BCUT2D eigenvalue weighted by Crippen LogP contribution is -2.45. The number of ketones is 1. The van der Waals surface area contributed by atoms with Crippen molar-refractivity contribution in [2.75, 3.05) is 0 Å². The molecule has 0 aromatic carbocycles. The predicted molar refractivity (Wildman–Crippen MR) is 134 cm³/mol. The second-order valence-corrected chi connectivity index (χ2v) is 11.4. The van der Waals surface area contributed by atoms with Gasteiger partial charge in [-0.25, -0.2) is 4.98 Å². The Hall–Kier alpha value is -1.78. The fourth-order valence-corrected chi connectivity index (χ4v) is 5.15. The van der Waals surface area contributed by atoms with Gasteiger partial charge >= 0.3 is 5.97 Å². The topological polar surface area (TPSA) is 148 Å². The maximum Gasteiger partial charge on any atom is 0.309 e. The average Bonchev–Trinajstić information content (AvgIpc) is 3.23. The van der Waals surface area contributed by atoms with E-state index in [0.717, 1.165) is 19.3 Å². The molecule has 2 aliphatic rings.